The molecule has 0 unspecified atom stereocenters. The molecule has 0 fully saturated rings. The van der Waals surface area contributed by atoms with Gasteiger partial charge in [0.05, 0.1) is 11.4 Å². The van der Waals surface area contributed by atoms with Gasteiger partial charge in [0.15, 0.2) is 5.82 Å². The summed E-state index contributed by atoms with van der Waals surface area (Å²) in [4.78, 5) is 10.5. The molecule has 0 aliphatic carbocycles. The minimum absolute atomic E-state index is 0.692. The Kier molecular flexibility index (Phi) is 6.80. The number of benzene rings is 9. The van der Waals surface area contributed by atoms with Gasteiger partial charge in [0, 0.05) is 47.6 Å². The van der Waals surface area contributed by atoms with Crippen LogP contribution in [0.2, 0.25) is 0 Å². The minimum Gasteiger partial charge on any atom is -0.456 e. The van der Waals surface area contributed by atoms with E-state index >= 15 is 0 Å². The zero-order chi connectivity index (χ0) is 36.7. The van der Waals surface area contributed by atoms with Crippen molar-refractivity contribution in [3.8, 4) is 45.0 Å². The summed E-state index contributed by atoms with van der Waals surface area (Å²) in [6.45, 7) is 0. The second kappa shape index (κ2) is 12.2. The maximum absolute atomic E-state index is 6.56. The highest BCUT2D eigenvalue weighted by Crippen LogP contribution is 2.43. The lowest BCUT2D eigenvalue weighted by Crippen LogP contribution is -1.96. The third-order valence-electron chi connectivity index (χ3n) is 11.3. The molecule has 4 heteroatoms. The second-order valence-electron chi connectivity index (χ2n) is 14.5. The van der Waals surface area contributed by atoms with Crippen molar-refractivity contribution in [1.82, 2.24) is 9.97 Å². The van der Waals surface area contributed by atoms with Crippen LogP contribution in [0.15, 0.2) is 186 Å². The average Bonchev–Trinajstić information content (AvgIpc) is 3.85. The standard InChI is InChI=1S/C52H30N2OS/c1-2-12-31(13-3-1)52-53-45(30-46(54-52)42-21-10-19-40-39-18-8-9-23-49(39)56-51(40)42)41-20-11-22-48-50(41)44-29-33(25-27-47(44)55-48)32-24-26-38-36-16-5-4-14-34(36)35-15-6-7-17-37(35)43(38)28-32/h1-30H. The number of hydrogen-bond donors (Lipinski definition) is 0. The van der Waals surface area contributed by atoms with Gasteiger partial charge in [0.1, 0.15) is 11.2 Å². The Bertz CT molecular complexity index is 3510. The quantitative estimate of drug-likeness (QED) is 0.169. The Balaban J connectivity index is 1.07. The molecule has 260 valence electrons. The molecule has 0 spiro atoms. The number of rotatable bonds is 4. The lowest BCUT2D eigenvalue weighted by atomic mass is 9.91. The summed E-state index contributed by atoms with van der Waals surface area (Å²) in [6, 6.07) is 64.9. The topological polar surface area (TPSA) is 38.9 Å². The van der Waals surface area contributed by atoms with E-state index in [0.29, 0.717) is 5.82 Å². The molecule has 0 bridgehead atoms. The Hall–Kier alpha value is -7.14. The van der Waals surface area contributed by atoms with Crippen molar-refractivity contribution in [1.29, 1.82) is 0 Å². The number of nitrogens with zero attached hydrogens (tertiary/aromatic N) is 2. The smallest absolute Gasteiger partial charge is 0.160 e. The predicted molar refractivity (Wildman–Crippen MR) is 236 cm³/mol. The van der Waals surface area contributed by atoms with Gasteiger partial charge in [-0.15, -0.1) is 11.3 Å². The van der Waals surface area contributed by atoms with Crippen LogP contribution in [0.3, 0.4) is 0 Å². The van der Waals surface area contributed by atoms with E-state index in [4.69, 9.17) is 14.4 Å². The van der Waals surface area contributed by atoms with E-state index < -0.39 is 0 Å². The zero-order valence-electron chi connectivity index (χ0n) is 30.0. The van der Waals surface area contributed by atoms with Gasteiger partial charge in [-0.05, 0) is 79.8 Å². The summed E-state index contributed by atoms with van der Waals surface area (Å²) < 4.78 is 9.06. The van der Waals surface area contributed by atoms with Gasteiger partial charge in [-0.3, -0.25) is 0 Å². The van der Waals surface area contributed by atoms with Crippen LogP contribution in [0.25, 0.3) is 119 Å². The van der Waals surface area contributed by atoms with E-state index in [-0.39, 0.29) is 0 Å². The first-order valence-electron chi connectivity index (χ1n) is 18.9. The van der Waals surface area contributed by atoms with Crippen LogP contribution in [-0.2, 0) is 0 Å². The van der Waals surface area contributed by atoms with Crippen LogP contribution in [0.4, 0.5) is 0 Å². The lowest BCUT2D eigenvalue weighted by molar-refractivity contribution is 0.669. The van der Waals surface area contributed by atoms with Crippen molar-refractivity contribution in [2.75, 3.05) is 0 Å². The van der Waals surface area contributed by atoms with Crippen molar-refractivity contribution < 1.29 is 4.42 Å². The number of hydrogen-bond acceptors (Lipinski definition) is 4. The van der Waals surface area contributed by atoms with Gasteiger partial charge in [-0.1, -0.05) is 146 Å². The van der Waals surface area contributed by atoms with Gasteiger partial charge < -0.3 is 4.42 Å². The normalized spacial score (nSPS) is 11.9. The summed E-state index contributed by atoms with van der Waals surface area (Å²) in [6.07, 6.45) is 0. The van der Waals surface area contributed by atoms with Gasteiger partial charge in [-0.2, -0.15) is 0 Å². The highest BCUT2D eigenvalue weighted by atomic mass is 32.1. The molecular weight excluding hydrogens is 701 g/mol. The monoisotopic (exact) mass is 730 g/mol. The number of fused-ring (bicyclic) bond motifs is 12. The Morgan fingerprint density at radius 2 is 0.929 bits per heavy atom. The Labute approximate surface area is 325 Å². The molecule has 12 rings (SSSR count). The summed E-state index contributed by atoms with van der Waals surface area (Å²) in [7, 11) is 0. The summed E-state index contributed by atoms with van der Waals surface area (Å²) >= 11 is 1.82. The molecule has 0 amide bonds. The van der Waals surface area contributed by atoms with E-state index in [1.165, 1.54) is 58.1 Å². The average molecular weight is 731 g/mol. The van der Waals surface area contributed by atoms with Crippen molar-refractivity contribution in [2.24, 2.45) is 0 Å². The first-order chi connectivity index (χ1) is 27.7. The molecule has 12 aromatic rings. The van der Waals surface area contributed by atoms with Gasteiger partial charge in [0.2, 0.25) is 0 Å². The molecule has 0 aliphatic heterocycles. The Morgan fingerprint density at radius 1 is 0.357 bits per heavy atom. The molecule has 0 radical (unpaired) electrons. The predicted octanol–water partition coefficient (Wildman–Crippen LogP) is 14.9. The van der Waals surface area contributed by atoms with Crippen LogP contribution in [0.1, 0.15) is 0 Å². The van der Waals surface area contributed by atoms with Crippen molar-refractivity contribution in [3.63, 3.8) is 0 Å². The Morgan fingerprint density at radius 3 is 1.70 bits per heavy atom. The van der Waals surface area contributed by atoms with E-state index in [0.717, 1.165) is 55.6 Å². The third-order valence-corrected chi connectivity index (χ3v) is 12.5. The summed E-state index contributed by atoms with van der Waals surface area (Å²) in [5.74, 6) is 0.692. The van der Waals surface area contributed by atoms with Crippen LogP contribution < -0.4 is 0 Å². The van der Waals surface area contributed by atoms with Crippen molar-refractivity contribution in [3.05, 3.63) is 182 Å². The maximum atomic E-state index is 6.56. The summed E-state index contributed by atoms with van der Waals surface area (Å²) in [5.41, 5.74) is 8.83. The first kappa shape index (κ1) is 31.2. The SMILES string of the molecule is c1ccc(-c2nc(-c3cccc4c3sc3ccccc34)cc(-c3cccc4oc5ccc(-c6ccc7c8ccccc8c8ccccc8c7c6)cc5c34)n2)cc1. The fraction of sp³-hybridized carbons (Fsp3) is 0. The van der Waals surface area contributed by atoms with E-state index in [1.54, 1.807) is 0 Å². The van der Waals surface area contributed by atoms with Gasteiger partial charge in [0.25, 0.3) is 0 Å². The molecule has 3 nitrogen and oxygen atoms in total. The molecule has 56 heavy (non-hydrogen) atoms. The van der Waals surface area contributed by atoms with Crippen LogP contribution in [-0.4, -0.2) is 9.97 Å². The molecule has 3 heterocycles. The molecule has 3 aromatic heterocycles. The number of furan rings is 1. The lowest BCUT2D eigenvalue weighted by Gasteiger charge is -2.12. The number of thiophene rings is 1. The maximum Gasteiger partial charge on any atom is 0.160 e. The molecule has 9 aromatic carbocycles. The minimum atomic E-state index is 0.692. The zero-order valence-corrected chi connectivity index (χ0v) is 30.8. The summed E-state index contributed by atoms with van der Waals surface area (Å²) in [5, 5.41) is 12.2. The third kappa shape index (κ3) is 4.76. The largest absolute Gasteiger partial charge is 0.456 e. The number of aromatic nitrogens is 2. The van der Waals surface area contributed by atoms with E-state index in [9.17, 15) is 0 Å². The van der Waals surface area contributed by atoms with Crippen LogP contribution in [0.5, 0.6) is 0 Å². The molecule has 0 N–H and O–H groups in total. The molecular formula is C52H30N2OS. The van der Waals surface area contributed by atoms with E-state index in [2.05, 4.69) is 164 Å². The molecule has 0 atom stereocenters. The fourth-order valence-electron chi connectivity index (χ4n) is 8.70. The molecule has 0 saturated heterocycles. The van der Waals surface area contributed by atoms with E-state index in [1.807, 2.05) is 29.5 Å². The first-order valence-corrected chi connectivity index (χ1v) is 19.7. The highest BCUT2D eigenvalue weighted by Gasteiger charge is 2.19. The van der Waals surface area contributed by atoms with Crippen LogP contribution >= 0.6 is 11.3 Å². The van der Waals surface area contributed by atoms with Crippen molar-refractivity contribution in [2.45, 2.75) is 0 Å². The second-order valence-corrected chi connectivity index (χ2v) is 15.5. The molecule has 0 saturated carbocycles. The van der Waals surface area contributed by atoms with Gasteiger partial charge in [-0.25, -0.2) is 9.97 Å². The van der Waals surface area contributed by atoms with Crippen LogP contribution in [0, 0.1) is 0 Å². The highest BCUT2D eigenvalue weighted by molar-refractivity contribution is 7.26. The van der Waals surface area contributed by atoms with Gasteiger partial charge >= 0.3 is 0 Å². The van der Waals surface area contributed by atoms with Crippen molar-refractivity contribution >= 4 is 85.8 Å². The molecule has 0 aliphatic rings. The fourth-order valence-corrected chi connectivity index (χ4v) is 9.92.